The first-order chi connectivity index (χ1) is 11.9. The fourth-order valence-corrected chi connectivity index (χ4v) is 2.37. The maximum absolute atomic E-state index is 12.3. The van der Waals surface area contributed by atoms with Crippen molar-refractivity contribution in [2.24, 2.45) is 0 Å². The van der Waals surface area contributed by atoms with Gasteiger partial charge in [-0.2, -0.15) is 8.78 Å². The van der Waals surface area contributed by atoms with Crippen LogP contribution in [-0.2, 0) is 0 Å². The molecular formula is C16H13BrF2N2O4. The Hall–Kier alpha value is -2.68. The molecule has 0 aromatic heterocycles. The zero-order valence-corrected chi connectivity index (χ0v) is 14.5. The quantitative estimate of drug-likeness (QED) is 0.736. The minimum Gasteiger partial charge on any atom is -0.493 e. The molecule has 0 heterocycles. The summed E-state index contributed by atoms with van der Waals surface area (Å²) in [6.45, 7) is -3.02. The lowest BCUT2D eigenvalue weighted by Gasteiger charge is -2.12. The minimum absolute atomic E-state index is 0.0370. The smallest absolute Gasteiger partial charge is 0.387 e. The summed E-state index contributed by atoms with van der Waals surface area (Å²) in [5.41, 5.74) is 4.92. The summed E-state index contributed by atoms with van der Waals surface area (Å²) in [5, 5.41) is 0. The Kier molecular flexibility index (Phi) is 6.29. The summed E-state index contributed by atoms with van der Waals surface area (Å²) < 4.78 is 34.3. The van der Waals surface area contributed by atoms with Gasteiger partial charge in [-0.05, 0) is 46.3 Å². The number of hydrogen-bond acceptors (Lipinski definition) is 4. The number of carbonyl (C=O) groups is 2. The molecule has 0 fully saturated rings. The lowest BCUT2D eigenvalue weighted by Crippen LogP contribution is -2.41. The van der Waals surface area contributed by atoms with Crippen molar-refractivity contribution in [3.8, 4) is 11.5 Å². The van der Waals surface area contributed by atoms with Crippen LogP contribution in [0.1, 0.15) is 20.7 Å². The van der Waals surface area contributed by atoms with Crippen molar-refractivity contribution in [2.75, 3.05) is 7.11 Å². The standard InChI is InChI=1S/C16H13BrF2N2O4/c1-24-13-8-9(6-7-12(13)25-16(18)19)14(22)20-21-15(23)10-4-2-3-5-11(10)17/h2-8,16H,1H3,(H,20,22)(H,21,23). The molecule has 0 bridgehead atoms. The van der Waals surface area contributed by atoms with E-state index in [-0.39, 0.29) is 17.1 Å². The van der Waals surface area contributed by atoms with Gasteiger partial charge in [-0.15, -0.1) is 0 Å². The van der Waals surface area contributed by atoms with Crippen LogP contribution in [0.25, 0.3) is 0 Å². The Labute approximate surface area is 150 Å². The van der Waals surface area contributed by atoms with E-state index in [9.17, 15) is 18.4 Å². The largest absolute Gasteiger partial charge is 0.493 e. The Balaban J connectivity index is 2.06. The van der Waals surface area contributed by atoms with Crippen LogP contribution < -0.4 is 20.3 Å². The van der Waals surface area contributed by atoms with Gasteiger partial charge in [0.05, 0.1) is 12.7 Å². The summed E-state index contributed by atoms with van der Waals surface area (Å²) >= 11 is 3.23. The molecule has 0 radical (unpaired) electrons. The van der Waals surface area contributed by atoms with Gasteiger partial charge < -0.3 is 9.47 Å². The van der Waals surface area contributed by atoms with E-state index in [2.05, 4.69) is 31.5 Å². The fraction of sp³-hybridized carbons (Fsp3) is 0.125. The number of carbonyl (C=O) groups excluding carboxylic acids is 2. The van der Waals surface area contributed by atoms with Crippen LogP contribution in [0.2, 0.25) is 0 Å². The molecule has 0 aliphatic carbocycles. The molecule has 2 rings (SSSR count). The van der Waals surface area contributed by atoms with E-state index >= 15 is 0 Å². The lowest BCUT2D eigenvalue weighted by molar-refractivity contribution is -0.0512. The molecule has 9 heteroatoms. The van der Waals surface area contributed by atoms with E-state index in [4.69, 9.17) is 4.74 Å². The molecule has 2 N–H and O–H groups in total. The number of ether oxygens (including phenoxy) is 2. The molecule has 0 aliphatic heterocycles. The third kappa shape index (κ3) is 4.90. The topological polar surface area (TPSA) is 76.7 Å². The molecule has 0 aliphatic rings. The van der Waals surface area contributed by atoms with Gasteiger partial charge in [-0.25, -0.2) is 0 Å². The van der Waals surface area contributed by atoms with Gasteiger partial charge in [-0.1, -0.05) is 12.1 Å². The second-order valence-electron chi connectivity index (χ2n) is 4.63. The molecular weight excluding hydrogens is 402 g/mol. The number of methoxy groups -OCH3 is 1. The number of benzene rings is 2. The van der Waals surface area contributed by atoms with Crippen LogP contribution >= 0.6 is 15.9 Å². The van der Waals surface area contributed by atoms with E-state index < -0.39 is 18.4 Å². The predicted octanol–water partition coefficient (Wildman–Crippen LogP) is 3.13. The zero-order valence-electron chi connectivity index (χ0n) is 12.9. The third-order valence-electron chi connectivity index (χ3n) is 3.05. The molecule has 132 valence electrons. The van der Waals surface area contributed by atoms with E-state index in [1.165, 1.54) is 25.3 Å². The third-order valence-corrected chi connectivity index (χ3v) is 3.74. The van der Waals surface area contributed by atoms with Gasteiger partial charge in [0.2, 0.25) is 0 Å². The number of halogens is 3. The van der Waals surface area contributed by atoms with Crippen LogP contribution in [0.4, 0.5) is 8.78 Å². The number of hydrazine groups is 1. The summed E-state index contributed by atoms with van der Waals surface area (Å²) in [7, 11) is 1.25. The highest BCUT2D eigenvalue weighted by Gasteiger charge is 2.15. The maximum atomic E-state index is 12.3. The Morgan fingerprint density at radius 3 is 2.36 bits per heavy atom. The summed E-state index contributed by atoms with van der Waals surface area (Å²) in [6, 6.07) is 10.3. The van der Waals surface area contributed by atoms with Crippen LogP contribution in [0.3, 0.4) is 0 Å². The molecule has 0 saturated heterocycles. The number of hydrogen-bond donors (Lipinski definition) is 2. The highest BCUT2D eigenvalue weighted by atomic mass is 79.9. The molecule has 2 aromatic rings. The first-order valence-electron chi connectivity index (χ1n) is 6.90. The van der Waals surface area contributed by atoms with Crippen LogP contribution in [0.15, 0.2) is 46.9 Å². The second kappa shape index (κ2) is 8.43. The normalized spacial score (nSPS) is 10.3. The first-order valence-corrected chi connectivity index (χ1v) is 7.69. The number of alkyl halides is 2. The van der Waals surface area contributed by atoms with E-state index in [0.29, 0.717) is 10.0 Å². The second-order valence-corrected chi connectivity index (χ2v) is 5.49. The van der Waals surface area contributed by atoms with Gasteiger partial charge in [0.15, 0.2) is 11.5 Å². The van der Waals surface area contributed by atoms with Gasteiger partial charge >= 0.3 is 6.61 Å². The van der Waals surface area contributed by atoms with Crippen LogP contribution in [0, 0.1) is 0 Å². The highest BCUT2D eigenvalue weighted by molar-refractivity contribution is 9.10. The average molecular weight is 415 g/mol. The summed E-state index contributed by atoms with van der Waals surface area (Å²) in [6.07, 6.45) is 0. The van der Waals surface area contributed by atoms with Gasteiger partial charge in [0.1, 0.15) is 0 Å². The van der Waals surface area contributed by atoms with Crippen molar-refractivity contribution in [1.82, 2.24) is 10.9 Å². The average Bonchev–Trinajstić information content (AvgIpc) is 2.59. The van der Waals surface area contributed by atoms with Crippen LogP contribution in [0.5, 0.6) is 11.5 Å². The molecule has 2 aromatic carbocycles. The predicted molar refractivity (Wildman–Crippen MR) is 88.7 cm³/mol. The Bertz CT molecular complexity index is 786. The summed E-state index contributed by atoms with van der Waals surface area (Å²) in [4.78, 5) is 24.1. The monoisotopic (exact) mass is 414 g/mol. The maximum Gasteiger partial charge on any atom is 0.387 e. The van der Waals surface area contributed by atoms with E-state index in [1.54, 1.807) is 24.3 Å². The van der Waals surface area contributed by atoms with E-state index in [0.717, 1.165) is 0 Å². The number of nitrogens with one attached hydrogen (secondary N) is 2. The molecule has 0 saturated carbocycles. The first kappa shape index (κ1) is 18.7. The molecule has 2 amide bonds. The van der Waals surface area contributed by atoms with Crippen molar-refractivity contribution in [1.29, 1.82) is 0 Å². The zero-order chi connectivity index (χ0) is 18.4. The van der Waals surface area contributed by atoms with Gasteiger partial charge in [0.25, 0.3) is 11.8 Å². The van der Waals surface area contributed by atoms with Crippen LogP contribution in [-0.4, -0.2) is 25.5 Å². The molecule has 0 spiro atoms. The van der Waals surface area contributed by atoms with Crippen molar-refractivity contribution in [3.63, 3.8) is 0 Å². The number of amides is 2. The Morgan fingerprint density at radius 2 is 1.72 bits per heavy atom. The van der Waals surface area contributed by atoms with Crippen molar-refractivity contribution in [2.45, 2.75) is 6.61 Å². The van der Waals surface area contributed by atoms with Crippen molar-refractivity contribution >= 4 is 27.7 Å². The van der Waals surface area contributed by atoms with Gasteiger partial charge in [0, 0.05) is 10.0 Å². The fourth-order valence-electron chi connectivity index (χ4n) is 1.90. The molecule has 6 nitrogen and oxygen atoms in total. The summed E-state index contributed by atoms with van der Waals surface area (Å²) in [5.74, 6) is -1.41. The highest BCUT2D eigenvalue weighted by Crippen LogP contribution is 2.29. The van der Waals surface area contributed by atoms with Gasteiger partial charge in [-0.3, -0.25) is 20.4 Å². The van der Waals surface area contributed by atoms with Crippen molar-refractivity contribution in [3.05, 3.63) is 58.1 Å². The lowest BCUT2D eigenvalue weighted by atomic mass is 10.2. The molecule has 0 unspecified atom stereocenters. The SMILES string of the molecule is COc1cc(C(=O)NNC(=O)c2ccccc2Br)ccc1OC(F)F. The number of rotatable bonds is 5. The molecule has 25 heavy (non-hydrogen) atoms. The van der Waals surface area contributed by atoms with E-state index in [1.807, 2.05) is 0 Å². The Morgan fingerprint density at radius 1 is 1.04 bits per heavy atom. The minimum atomic E-state index is -3.02. The molecule has 0 atom stereocenters. The van der Waals surface area contributed by atoms with Crippen molar-refractivity contribution < 1.29 is 27.8 Å².